The summed E-state index contributed by atoms with van der Waals surface area (Å²) >= 11 is 1.26. The molecule has 1 aliphatic carbocycles. The molecule has 0 bridgehead atoms. The van der Waals surface area contributed by atoms with Gasteiger partial charge in [-0.3, -0.25) is 0 Å². The number of hydrogen-bond acceptors (Lipinski definition) is 12. The van der Waals surface area contributed by atoms with Crippen LogP contribution in [0.1, 0.15) is 44.5 Å². The van der Waals surface area contributed by atoms with Crippen LogP contribution in [0.3, 0.4) is 0 Å². The van der Waals surface area contributed by atoms with Crippen molar-refractivity contribution in [3.63, 3.8) is 0 Å². The minimum absolute atomic E-state index is 0.00642. The summed E-state index contributed by atoms with van der Waals surface area (Å²) in [5.74, 6) is 0.786. The lowest BCUT2D eigenvalue weighted by atomic mass is 9.66. The van der Waals surface area contributed by atoms with Crippen LogP contribution in [-0.2, 0) is 40.4 Å². The van der Waals surface area contributed by atoms with E-state index in [0.29, 0.717) is 79.3 Å². The zero-order chi connectivity index (χ0) is 43.5. The number of rotatable bonds is 24. The monoisotopic (exact) mass is 861 g/mol. The summed E-state index contributed by atoms with van der Waals surface area (Å²) in [5, 5.41) is 8.91. The third kappa shape index (κ3) is 9.88. The molecule has 12 heteroatoms. The molecule has 1 heterocycles. The van der Waals surface area contributed by atoms with Crippen molar-refractivity contribution in [2.75, 3.05) is 105 Å². The van der Waals surface area contributed by atoms with Gasteiger partial charge < -0.3 is 43.2 Å². The summed E-state index contributed by atoms with van der Waals surface area (Å²) in [5.41, 5.74) is 16.0. The number of methoxy groups -OCH3 is 1. The van der Waals surface area contributed by atoms with Crippen LogP contribution in [-0.4, -0.2) is 114 Å². The van der Waals surface area contributed by atoms with Gasteiger partial charge >= 0.3 is 0 Å². The second-order valence-electron chi connectivity index (χ2n) is 15.7. The van der Waals surface area contributed by atoms with E-state index in [1.807, 2.05) is 0 Å². The highest BCUT2D eigenvalue weighted by atomic mass is 32.1. The van der Waals surface area contributed by atoms with Gasteiger partial charge in [0.1, 0.15) is 23.4 Å². The number of fused-ring (bicyclic) bond motifs is 4. The predicted molar refractivity (Wildman–Crippen MR) is 246 cm³/mol. The van der Waals surface area contributed by atoms with Crippen molar-refractivity contribution in [2.45, 2.75) is 32.8 Å². The molecule has 0 saturated heterocycles. The molecule has 1 aromatic heterocycles. The maximum Gasteiger partial charge on any atom is 0.142 e. The van der Waals surface area contributed by atoms with Crippen LogP contribution in [0.15, 0.2) is 84.9 Å². The van der Waals surface area contributed by atoms with E-state index in [1.54, 1.807) is 7.11 Å². The number of hydrogen-bond donors (Lipinski definition) is 1. The van der Waals surface area contributed by atoms with Crippen LogP contribution in [0.2, 0.25) is 0 Å². The minimum Gasteiger partial charge on any atom is -0.489 e. The van der Waals surface area contributed by atoms with Crippen molar-refractivity contribution in [3.8, 4) is 28.0 Å². The molecule has 0 saturated carbocycles. The Hall–Kier alpha value is -4.76. The van der Waals surface area contributed by atoms with E-state index < -0.39 is 5.41 Å². The van der Waals surface area contributed by atoms with Gasteiger partial charge in [0, 0.05) is 26.8 Å². The molecule has 1 N–H and O–H groups in total. The zero-order valence-corrected chi connectivity index (χ0v) is 37.6. The van der Waals surface area contributed by atoms with Crippen molar-refractivity contribution in [1.29, 1.82) is 0 Å². The Morgan fingerprint density at radius 3 is 1.90 bits per heavy atom. The van der Waals surface area contributed by atoms with Gasteiger partial charge in [-0.2, -0.15) is 8.75 Å². The van der Waals surface area contributed by atoms with E-state index in [9.17, 15) is 0 Å². The topological polar surface area (TPSA) is 114 Å². The number of ether oxygens (including phenoxy) is 7. The minimum atomic E-state index is -0.692. The fraction of sp³-hybridized carbons (Fsp3) is 0.400. The van der Waals surface area contributed by atoms with Crippen molar-refractivity contribution in [2.24, 2.45) is 0 Å². The van der Waals surface area contributed by atoms with E-state index in [4.69, 9.17) is 42.6 Å². The van der Waals surface area contributed by atoms with Crippen molar-refractivity contribution in [3.05, 3.63) is 129 Å². The fourth-order valence-corrected chi connectivity index (χ4v) is 8.91. The Balaban J connectivity index is 1.28. The second-order valence-corrected chi connectivity index (χ2v) is 16.3. The molecule has 1 unspecified atom stereocenters. The van der Waals surface area contributed by atoms with Gasteiger partial charge in [-0.25, -0.2) is 0 Å². The first kappa shape index (κ1) is 45.3. The molecule has 5 aromatic carbocycles. The molecule has 62 heavy (non-hydrogen) atoms. The lowest BCUT2D eigenvalue weighted by molar-refractivity contribution is 0.00444. The molecule has 0 fully saturated rings. The lowest BCUT2D eigenvalue weighted by Gasteiger charge is -2.35. The molecule has 328 valence electrons. The van der Waals surface area contributed by atoms with Crippen molar-refractivity contribution < 1.29 is 38.3 Å². The van der Waals surface area contributed by atoms with Gasteiger partial charge in [0.05, 0.1) is 102 Å². The maximum absolute atomic E-state index is 8.91. The fourth-order valence-electron chi connectivity index (χ4n) is 8.29. The normalized spacial score (nSPS) is 14.4. The molecule has 6 aromatic rings. The third-order valence-electron chi connectivity index (χ3n) is 11.4. The number of benzene rings is 5. The average Bonchev–Trinajstić information content (AvgIpc) is 3.88. The number of aliphatic hydroxyl groups is 1. The van der Waals surface area contributed by atoms with E-state index in [2.05, 4.69) is 129 Å². The molecular weight excluding hydrogens is 803 g/mol. The standard InChI is InChI=1S/C50H59N3O8S/c1-34-7-13-42-43-15-10-37(41-14-8-35(2)48-49(41)52-62-51-48)31-45(43)50(44(42)29-34,39-11-9-38(36(3)30-39)33-60-26-25-58-22-21-56-18-17-54)40-12-16-47(46(32-40)53(4)5)61-28-27-59-24-23-57-20-19-55-6/h7-16,29-32,54H,17-28,33H2,1-6H3. The summed E-state index contributed by atoms with van der Waals surface area (Å²) < 4.78 is 49.3. The van der Waals surface area contributed by atoms with Crippen LogP contribution in [0, 0.1) is 20.8 Å². The number of anilines is 1. The van der Waals surface area contributed by atoms with Crippen LogP contribution in [0.4, 0.5) is 5.69 Å². The summed E-state index contributed by atoms with van der Waals surface area (Å²) in [6, 6.07) is 31.5. The van der Waals surface area contributed by atoms with Crippen LogP contribution >= 0.6 is 11.7 Å². The highest BCUT2D eigenvalue weighted by Gasteiger charge is 2.47. The first-order valence-electron chi connectivity index (χ1n) is 21.3. The molecule has 1 atom stereocenters. The highest BCUT2D eigenvalue weighted by molar-refractivity contribution is 7.00. The number of nitrogens with zero attached hydrogens (tertiary/aromatic N) is 3. The van der Waals surface area contributed by atoms with Gasteiger partial charge in [0.15, 0.2) is 0 Å². The van der Waals surface area contributed by atoms with Gasteiger partial charge in [-0.1, -0.05) is 72.3 Å². The van der Waals surface area contributed by atoms with Crippen LogP contribution in [0.25, 0.3) is 33.3 Å². The molecule has 7 rings (SSSR count). The zero-order valence-electron chi connectivity index (χ0n) is 36.8. The molecule has 0 amide bonds. The summed E-state index contributed by atoms with van der Waals surface area (Å²) in [7, 11) is 5.78. The maximum atomic E-state index is 8.91. The van der Waals surface area contributed by atoms with Crippen molar-refractivity contribution in [1.82, 2.24) is 8.75 Å². The van der Waals surface area contributed by atoms with Crippen molar-refractivity contribution >= 4 is 28.4 Å². The molecule has 0 spiro atoms. The SMILES string of the molecule is COCCOCCOCCOc1ccc(C2(c3ccc(COCCOCCOCCO)c(C)c3)c3cc(C)ccc3-c3ccc(-c4ccc(C)c5nsnc45)cc32)cc1N(C)C. The Kier molecular flexibility index (Phi) is 15.7. The lowest BCUT2D eigenvalue weighted by Crippen LogP contribution is -2.29. The third-order valence-corrected chi connectivity index (χ3v) is 11.9. The Morgan fingerprint density at radius 2 is 1.19 bits per heavy atom. The molecule has 0 aliphatic heterocycles. The predicted octanol–water partition coefficient (Wildman–Crippen LogP) is 8.31. The number of aryl methyl sites for hydroxylation is 3. The Morgan fingerprint density at radius 1 is 0.581 bits per heavy atom. The smallest absolute Gasteiger partial charge is 0.142 e. The van der Waals surface area contributed by atoms with Gasteiger partial charge in [-0.05, 0) is 94.6 Å². The van der Waals surface area contributed by atoms with Gasteiger partial charge in [-0.15, -0.1) is 0 Å². The quantitative estimate of drug-likeness (QED) is 0.0592. The largest absolute Gasteiger partial charge is 0.489 e. The van der Waals surface area contributed by atoms with E-state index >= 15 is 0 Å². The van der Waals surface area contributed by atoms with Gasteiger partial charge in [0.2, 0.25) is 0 Å². The molecule has 11 nitrogen and oxygen atoms in total. The molecule has 1 aliphatic rings. The summed E-state index contributed by atoms with van der Waals surface area (Å²) in [6.07, 6.45) is 0. The summed E-state index contributed by atoms with van der Waals surface area (Å²) in [4.78, 5) is 2.12. The Bertz CT molecular complexity index is 2420. The van der Waals surface area contributed by atoms with Crippen LogP contribution in [0.5, 0.6) is 5.75 Å². The molecule has 0 radical (unpaired) electrons. The molecular formula is C50H59N3O8S. The van der Waals surface area contributed by atoms with Crippen LogP contribution < -0.4 is 9.64 Å². The van der Waals surface area contributed by atoms with E-state index in [-0.39, 0.29) is 6.61 Å². The van der Waals surface area contributed by atoms with Gasteiger partial charge in [0.25, 0.3) is 0 Å². The van der Waals surface area contributed by atoms with E-state index in [1.165, 1.54) is 39.5 Å². The number of aromatic nitrogens is 2. The average molecular weight is 862 g/mol. The second kappa shape index (κ2) is 21.5. The Labute approximate surface area is 369 Å². The summed E-state index contributed by atoms with van der Waals surface area (Å²) in [6.45, 7) is 12.0. The highest BCUT2D eigenvalue weighted by Crippen LogP contribution is 2.58. The van der Waals surface area contributed by atoms with E-state index in [0.717, 1.165) is 61.4 Å². The first-order chi connectivity index (χ1) is 30.3. The number of aliphatic hydroxyl groups excluding tert-OH is 1. The first-order valence-corrected chi connectivity index (χ1v) is 22.0.